The Morgan fingerprint density at radius 2 is 2.00 bits per heavy atom. The minimum atomic E-state index is -0.891. The third-order valence-electron chi connectivity index (χ3n) is 2.69. The van der Waals surface area contributed by atoms with Crippen LogP contribution in [0.25, 0.3) is 0 Å². The first-order valence-corrected chi connectivity index (χ1v) is 5.87. The Morgan fingerprint density at radius 1 is 1.30 bits per heavy atom. The number of halogens is 2. The lowest BCUT2D eigenvalue weighted by Gasteiger charge is -2.09. The first-order valence-electron chi connectivity index (χ1n) is 5.49. The van der Waals surface area contributed by atoms with Gasteiger partial charge in [0.2, 0.25) is 0 Å². The summed E-state index contributed by atoms with van der Waals surface area (Å²) in [6, 6.07) is 4.20. The molecular weight excluding hydrogens is 287 g/mol. The Balaban J connectivity index is 2.50. The summed E-state index contributed by atoms with van der Waals surface area (Å²) in [5.41, 5.74) is 10.0. The highest BCUT2D eigenvalue weighted by Gasteiger charge is 2.21. The Morgan fingerprint density at radius 3 is 2.55 bits per heavy atom. The van der Waals surface area contributed by atoms with E-state index in [1.54, 1.807) is 0 Å². The van der Waals surface area contributed by atoms with Crippen molar-refractivity contribution in [1.29, 1.82) is 0 Å². The normalized spacial score (nSPS) is 10.5. The van der Waals surface area contributed by atoms with Gasteiger partial charge in [0.05, 0.1) is 12.9 Å². The number of hydrogen-bond acceptors (Lipinski definition) is 3. The lowest BCUT2D eigenvalue weighted by atomic mass is 10.2. The molecule has 0 aliphatic rings. The summed E-state index contributed by atoms with van der Waals surface area (Å²) in [5.74, 6) is -2.32. The number of rotatable bonds is 4. The zero-order valence-corrected chi connectivity index (χ0v) is 10.9. The molecule has 1 aromatic heterocycles. The van der Waals surface area contributed by atoms with Crippen molar-refractivity contribution in [2.45, 2.75) is 6.54 Å². The van der Waals surface area contributed by atoms with Gasteiger partial charge < -0.3 is 16.0 Å². The van der Waals surface area contributed by atoms with Gasteiger partial charge in [-0.1, -0.05) is 17.7 Å². The fourth-order valence-electron chi connectivity index (χ4n) is 1.79. The molecule has 0 fully saturated rings. The van der Waals surface area contributed by atoms with Gasteiger partial charge in [-0.2, -0.15) is 0 Å². The van der Waals surface area contributed by atoms with Gasteiger partial charge in [0.1, 0.15) is 11.5 Å². The molecule has 0 saturated carbocycles. The second-order valence-electron chi connectivity index (χ2n) is 4.00. The van der Waals surface area contributed by atoms with E-state index in [-0.39, 0.29) is 28.5 Å². The number of benzene rings is 1. The third-order valence-corrected chi connectivity index (χ3v) is 3.05. The van der Waals surface area contributed by atoms with E-state index in [0.717, 1.165) is 0 Å². The molecule has 1 heterocycles. The van der Waals surface area contributed by atoms with E-state index < -0.39 is 17.6 Å². The van der Waals surface area contributed by atoms with Crippen LogP contribution < -0.4 is 11.5 Å². The lowest BCUT2D eigenvalue weighted by Crippen LogP contribution is -2.23. The van der Waals surface area contributed by atoms with E-state index in [0.29, 0.717) is 0 Å². The summed E-state index contributed by atoms with van der Waals surface area (Å²) in [5, 5.41) is 0.190. The number of nitrogens with two attached hydrogens (primary N) is 2. The van der Waals surface area contributed by atoms with Gasteiger partial charge in [-0.15, -0.1) is 0 Å². The number of carbonyl (C=O) groups is 2. The molecular formula is C12H10ClFN4O2. The number of amides is 2. The molecule has 0 radical (unpaired) electrons. The predicted octanol–water partition coefficient (Wildman–Crippen LogP) is 0.922. The van der Waals surface area contributed by atoms with Gasteiger partial charge in [-0.25, -0.2) is 9.37 Å². The molecule has 0 spiro atoms. The van der Waals surface area contributed by atoms with Crippen LogP contribution in [-0.4, -0.2) is 21.4 Å². The summed E-state index contributed by atoms with van der Waals surface area (Å²) in [6.07, 6.45) is 1.18. The Hall–Kier alpha value is -2.41. The van der Waals surface area contributed by atoms with Crippen molar-refractivity contribution in [3.05, 3.63) is 52.3 Å². The Labute approximate surface area is 118 Å². The van der Waals surface area contributed by atoms with E-state index in [1.165, 1.54) is 29.1 Å². The third kappa shape index (κ3) is 2.48. The second-order valence-corrected chi connectivity index (χ2v) is 4.41. The second kappa shape index (κ2) is 5.30. The highest BCUT2D eigenvalue weighted by molar-refractivity contribution is 6.31. The van der Waals surface area contributed by atoms with Crippen LogP contribution in [-0.2, 0) is 6.54 Å². The van der Waals surface area contributed by atoms with E-state index in [1.807, 2.05) is 0 Å². The molecule has 2 aromatic rings. The van der Waals surface area contributed by atoms with Crippen LogP contribution in [0.4, 0.5) is 4.39 Å². The largest absolute Gasteiger partial charge is 0.364 e. The molecule has 0 saturated heterocycles. The van der Waals surface area contributed by atoms with Gasteiger partial charge in [-0.3, -0.25) is 9.59 Å². The molecule has 8 heteroatoms. The van der Waals surface area contributed by atoms with E-state index in [2.05, 4.69) is 4.98 Å². The number of hydrogen-bond donors (Lipinski definition) is 2. The fourth-order valence-corrected chi connectivity index (χ4v) is 2.02. The quantitative estimate of drug-likeness (QED) is 0.876. The van der Waals surface area contributed by atoms with Crippen molar-refractivity contribution in [1.82, 2.24) is 9.55 Å². The van der Waals surface area contributed by atoms with Gasteiger partial charge in [0.25, 0.3) is 11.8 Å². The monoisotopic (exact) mass is 296 g/mol. The molecule has 0 atom stereocenters. The van der Waals surface area contributed by atoms with Crippen molar-refractivity contribution in [3.8, 4) is 0 Å². The van der Waals surface area contributed by atoms with Crippen molar-refractivity contribution in [2.75, 3.05) is 0 Å². The first-order chi connectivity index (χ1) is 9.41. The minimum absolute atomic E-state index is 0.0932. The van der Waals surface area contributed by atoms with Crippen LogP contribution in [0.5, 0.6) is 0 Å². The van der Waals surface area contributed by atoms with E-state index in [4.69, 9.17) is 23.1 Å². The summed E-state index contributed by atoms with van der Waals surface area (Å²) in [7, 11) is 0. The molecule has 0 aliphatic carbocycles. The van der Waals surface area contributed by atoms with Crippen LogP contribution in [0.1, 0.15) is 26.5 Å². The molecule has 2 amide bonds. The topological polar surface area (TPSA) is 104 Å². The average molecular weight is 297 g/mol. The van der Waals surface area contributed by atoms with Gasteiger partial charge in [-0.05, 0) is 12.1 Å². The van der Waals surface area contributed by atoms with Crippen LogP contribution in [0.15, 0.2) is 24.5 Å². The molecule has 0 bridgehead atoms. The molecule has 0 aliphatic heterocycles. The van der Waals surface area contributed by atoms with Crippen molar-refractivity contribution in [3.63, 3.8) is 0 Å². The van der Waals surface area contributed by atoms with Gasteiger partial charge in [0.15, 0.2) is 5.69 Å². The SMILES string of the molecule is NC(=O)c1ncn(Cc2c(F)cccc2Cl)c1C(N)=O. The number of imidazole rings is 1. The molecule has 2 rings (SSSR count). The van der Waals surface area contributed by atoms with E-state index >= 15 is 0 Å². The van der Waals surface area contributed by atoms with Crippen molar-refractivity contribution in [2.24, 2.45) is 11.5 Å². The van der Waals surface area contributed by atoms with E-state index in [9.17, 15) is 14.0 Å². The molecule has 104 valence electrons. The summed E-state index contributed by atoms with van der Waals surface area (Å²) in [6.45, 7) is -0.0932. The van der Waals surface area contributed by atoms with Crippen LogP contribution in [0.3, 0.4) is 0 Å². The van der Waals surface area contributed by atoms with Gasteiger partial charge in [0, 0.05) is 10.6 Å². The highest BCUT2D eigenvalue weighted by Crippen LogP contribution is 2.21. The number of carbonyl (C=O) groups excluding carboxylic acids is 2. The highest BCUT2D eigenvalue weighted by atomic mass is 35.5. The van der Waals surface area contributed by atoms with Crippen LogP contribution >= 0.6 is 11.6 Å². The zero-order valence-electron chi connectivity index (χ0n) is 10.1. The predicted molar refractivity (Wildman–Crippen MR) is 69.8 cm³/mol. The van der Waals surface area contributed by atoms with Gasteiger partial charge >= 0.3 is 0 Å². The molecule has 0 unspecified atom stereocenters. The maximum atomic E-state index is 13.7. The molecule has 1 aromatic carbocycles. The summed E-state index contributed by atoms with van der Waals surface area (Å²) >= 11 is 5.90. The Bertz CT molecular complexity index is 679. The minimum Gasteiger partial charge on any atom is -0.364 e. The summed E-state index contributed by atoms with van der Waals surface area (Å²) in [4.78, 5) is 26.3. The maximum absolute atomic E-state index is 13.7. The number of nitrogens with zero attached hydrogens (tertiary/aromatic N) is 2. The molecule has 20 heavy (non-hydrogen) atoms. The lowest BCUT2D eigenvalue weighted by molar-refractivity contribution is 0.0959. The zero-order chi connectivity index (χ0) is 14.9. The fraction of sp³-hybridized carbons (Fsp3) is 0.0833. The molecule has 6 nitrogen and oxygen atoms in total. The standard InChI is InChI=1S/C12H10ClFN4O2/c13-7-2-1-3-8(14)6(7)4-18-5-17-9(11(15)19)10(18)12(16)20/h1-3,5H,4H2,(H2,15,19)(H2,16,20). The average Bonchev–Trinajstić information content (AvgIpc) is 2.78. The number of aromatic nitrogens is 2. The Kier molecular flexibility index (Phi) is 3.71. The van der Waals surface area contributed by atoms with Crippen LogP contribution in [0, 0.1) is 5.82 Å². The van der Waals surface area contributed by atoms with Crippen LogP contribution in [0.2, 0.25) is 5.02 Å². The summed E-state index contributed by atoms with van der Waals surface area (Å²) < 4.78 is 14.9. The number of primary amides is 2. The smallest absolute Gasteiger partial charge is 0.269 e. The maximum Gasteiger partial charge on any atom is 0.269 e. The molecule has 4 N–H and O–H groups in total. The van der Waals surface area contributed by atoms with Crippen molar-refractivity contribution >= 4 is 23.4 Å². The first kappa shape index (κ1) is 14.0. The van der Waals surface area contributed by atoms with Crippen molar-refractivity contribution < 1.29 is 14.0 Å².